The molecule has 19 heavy (non-hydrogen) atoms. The normalized spacial score (nSPS) is 27.4. The molecule has 2 aliphatic carbocycles. The van der Waals surface area contributed by atoms with E-state index >= 15 is 0 Å². The number of rotatable bonds is 5. The van der Waals surface area contributed by atoms with Crippen LogP contribution in [0.1, 0.15) is 56.2 Å². The zero-order chi connectivity index (χ0) is 13.2. The van der Waals surface area contributed by atoms with Gasteiger partial charge >= 0.3 is 5.97 Å². The quantitative estimate of drug-likeness (QED) is 0.842. The van der Waals surface area contributed by atoms with E-state index in [0.717, 1.165) is 31.5 Å². The summed E-state index contributed by atoms with van der Waals surface area (Å²) in [7, 11) is 0. The molecular weight excluding hydrogens is 246 g/mol. The van der Waals surface area contributed by atoms with Gasteiger partial charge in [-0.2, -0.15) is 4.98 Å². The van der Waals surface area contributed by atoms with Crippen molar-refractivity contribution in [2.75, 3.05) is 0 Å². The lowest BCUT2D eigenvalue weighted by Gasteiger charge is -2.26. The van der Waals surface area contributed by atoms with Gasteiger partial charge in [0, 0.05) is 12.0 Å². The molecule has 104 valence electrons. The van der Waals surface area contributed by atoms with Gasteiger partial charge in [-0.3, -0.25) is 4.79 Å². The number of hydrogen-bond donors (Lipinski definition) is 2. The molecular formula is C13H19N3O3. The first-order valence-electron chi connectivity index (χ1n) is 7.01. The molecule has 0 bridgehead atoms. The second-order valence-corrected chi connectivity index (χ2v) is 5.59. The fourth-order valence-corrected chi connectivity index (χ4v) is 2.62. The van der Waals surface area contributed by atoms with Crippen molar-refractivity contribution in [2.24, 2.45) is 5.92 Å². The first kappa shape index (κ1) is 12.6. The van der Waals surface area contributed by atoms with Gasteiger partial charge in [0.15, 0.2) is 5.82 Å². The van der Waals surface area contributed by atoms with Crippen LogP contribution in [0.5, 0.6) is 0 Å². The lowest BCUT2D eigenvalue weighted by Crippen LogP contribution is -2.34. The fourth-order valence-electron chi connectivity index (χ4n) is 2.62. The van der Waals surface area contributed by atoms with Crippen molar-refractivity contribution in [3.63, 3.8) is 0 Å². The monoisotopic (exact) mass is 265 g/mol. The predicted octanol–water partition coefficient (Wildman–Crippen LogP) is 1.68. The number of carbonyl (C=O) groups is 1. The van der Waals surface area contributed by atoms with Gasteiger partial charge in [0.2, 0.25) is 5.89 Å². The molecule has 1 heterocycles. The third kappa shape index (κ3) is 3.12. The highest BCUT2D eigenvalue weighted by Crippen LogP contribution is 2.38. The highest BCUT2D eigenvalue weighted by atomic mass is 16.5. The molecule has 2 saturated carbocycles. The van der Waals surface area contributed by atoms with Crippen LogP contribution in [0, 0.1) is 5.92 Å². The van der Waals surface area contributed by atoms with Crippen molar-refractivity contribution < 1.29 is 14.4 Å². The lowest BCUT2D eigenvalue weighted by atomic mass is 9.86. The first-order valence-corrected chi connectivity index (χ1v) is 7.01. The average molecular weight is 265 g/mol. The molecule has 0 spiro atoms. The van der Waals surface area contributed by atoms with Crippen LogP contribution in [0.3, 0.4) is 0 Å². The summed E-state index contributed by atoms with van der Waals surface area (Å²) >= 11 is 0. The zero-order valence-corrected chi connectivity index (χ0v) is 10.8. The van der Waals surface area contributed by atoms with Gasteiger partial charge < -0.3 is 14.9 Å². The van der Waals surface area contributed by atoms with Crippen LogP contribution in [0.15, 0.2) is 4.52 Å². The average Bonchev–Trinajstić information content (AvgIpc) is 3.16. The maximum atomic E-state index is 10.9. The predicted molar refractivity (Wildman–Crippen MR) is 66.5 cm³/mol. The van der Waals surface area contributed by atoms with Gasteiger partial charge in [-0.25, -0.2) is 0 Å². The van der Waals surface area contributed by atoms with Gasteiger partial charge in [0.05, 0.1) is 12.5 Å². The Bertz CT molecular complexity index is 448. The minimum absolute atomic E-state index is 0.164. The molecule has 2 N–H and O–H groups in total. The number of nitrogens with zero attached hydrogens (tertiary/aromatic N) is 2. The van der Waals surface area contributed by atoms with Gasteiger partial charge in [-0.15, -0.1) is 0 Å². The Balaban J connectivity index is 1.43. The number of carboxylic acid groups (broad SMARTS) is 1. The van der Waals surface area contributed by atoms with Gasteiger partial charge in [0.1, 0.15) is 0 Å². The summed E-state index contributed by atoms with van der Waals surface area (Å²) in [4.78, 5) is 15.2. The molecule has 0 amide bonds. The molecule has 3 rings (SSSR count). The van der Waals surface area contributed by atoms with E-state index in [1.165, 1.54) is 12.8 Å². The van der Waals surface area contributed by atoms with Crippen molar-refractivity contribution in [3.8, 4) is 0 Å². The van der Waals surface area contributed by atoms with Crippen molar-refractivity contribution >= 4 is 5.97 Å². The third-order valence-corrected chi connectivity index (χ3v) is 4.04. The van der Waals surface area contributed by atoms with Crippen molar-refractivity contribution in [1.29, 1.82) is 0 Å². The number of nitrogens with one attached hydrogen (secondary N) is 1. The Morgan fingerprint density at radius 3 is 2.63 bits per heavy atom. The molecule has 2 fully saturated rings. The van der Waals surface area contributed by atoms with Crippen LogP contribution in [-0.2, 0) is 11.3 Å². The van der Waals surface area contributed by atoms with E-state index in [4.69, 9.17) is 9.63 Å². The minimum Gasteiger partial charge on any atom is -0.481 e. The Morgan fingerprint density at radius 2 is 2.00 bits per heavy atom. The van der Waals surface area contributed by atoms with Crippen molar-refractivity contribution in [1.82, 2.24) is 15.5 Å². The number of aliphatic carboxylic acids is 1. The Hall–Kier alpha value is -1.43. The highest BCUT2D eigenvalue weighted by Gasteiger charge is 2.29. The molecule has 0 radical (unpaired) electrons. The number of carboxylic acids is 1. The summed E-state index contributed by atoms with van der Waals surface area (Å²) in [5.74, 6) is 1.17. The fraction of sp³-hybridized carbons (Fsp3) is 0.769. The molecule has 1 aromatic rings. The van der Waals surface area contributed by atoms with E-state index < -0.39 is 5.97 Å². The molecule has 0 atom stereocenters. The standard InChI is InChI=1S/C13H19N3O3/c17-13(18)9-3-5-10(6-4-9)14-7-11-15-12(16-19-11)8-1-2-8/h8-10,14H,1-7H2,(H,17,18). The van der Waals surface area contributed by atoms with Crippen LogP contribution < -0.4 is 5.32 Å². The first-order chi connectivity index (χ1) is 9.22. The van der Waals surface area contributed by atoms with E-state index in [9.17, 15) is 4.79 Å². The van der Waals surface area contributed by atoms with E-state index in [1.54, 1.807) is 0 Å². The largest absolute Gasteiger partial charge is 0.481 e. The second-order valence-electron chi connectivity index (χ2n) is 5.59. The molecule has 6 nitrogen and oxygen atoms in total. The Morgan fingerprint density at radius 1 is 1.26 bits per heavy atom. The van der Waals surface area contributed by atoms with Gasteiger partial charge in [-0.1, -0.05) is 5.16 Å². The molecule has 6 heteroatoms. The summed E-state index contributed by atoms with van der Waals surface area (Å²) < 4.78 is 5.20. The molecule has 0 aromatic carbocycles. The van der Waals surface area contributed by atoms with E-state index in [-0.39, 0.29) is 5.92 Å². The number of aromatic nitrogens is 2. The van der Waals surface area contributed by atoms with Crippen LogP contribution in [-0.4, -0.2) is 27.3 Å². The van der Waals surface area contributed by atoms with Crippen LogP contribution in [0.25, 0.3) is 0 Å². The number of hydrogen-bond acceptors (Lipinski definition) is 5. The maximum absolute atomic E-state index is 10.9. The molecule has 1 aromatic heterocycles. The van der Waals surface area contributed by atoms with Gasteiger partial charge in [0.25, 0.3) is 0 Å². The minimum atomic E-state index is -0.663. The summed E-state index contributed by atoms with van der Waals surface area (Å²) in [6.45, 7) is 0.585. The Kier molecular flexibility index (Phi) is 3.50. The third-order valence-electron chi connectivity index (χ3n) is 4.04. The summed E-state index contributed by atoms with van der Waals surface area (Å²) in [5.41, 5.74) is 0. The van der Waals surface area contributed by atoms with Gasteiger partial charge in [-0.05, 0) is 38.5 Å². The van der Waals surface area contributed by atoms with Crippen molar-refractivity contribution in [2.45, 2.75) is 57.0 Å². The topological polar surface area (TPSA) is 88.2 Å². The molecule has 2 aliphatic rings. The molecule has 0 saturated heterocycles. The van der Waals surface area contributed by atoms with E-state index in [0.29, 0.717) is 24.4 Å². The van der Waals surface area contributed by atoms with Crippen LogP contribution >= 0.6 is 0 Å². The maximum Gasteiger partial charge on any atom is 0.306 e. The van der Waals surface area contributed by atoms with Crippen LogP contribution in [0.2, 0.25) is 0 Å². The summed E-state index contributed by atoms with van der Waals surface area (Å²) in [5, 5.41) is 16.3. The molecule has 0 aliphatic heterocycles. The molecule has 0 unspecified atom stereocenters. The Labute approximate surface area is 111 Å². The van der Waals surface area contributed by atoms with Crippen molar-refractivity contribution in [3.05, 3.63) is 11.7 Å². The SMILES string of the molecule is O=C(O)C1CCC(NCc2nc(C3CC3)no2)CC1. The second kappa shape index (κ2) is 5.28. The van der Waals surface area contributed by atoms with E-state index in [1.807, 2.05) is 0 Å². The zero-order valence-electron chi connectivity index (χ0n) is 10.8. The smallest absolute Gasteiger partial charge is 0.306 e. The lowest BCUT2D eigenvalue weighted by molar-refractivity contribution is -0.142. The van der Waals surface area contributed by atoms with E-state index in [2.05, 4.69) is 15.5 Å². The highest BCUT2D eigenvalue weighted by molar-refractivity contribution is 5.70. The van der Waals surface area contributed by atoms with Crippen LogP contribution in [0.4, 0.5) is 0 Å². The summed E-state index contributed by atoms with van der Waals surface area (Å²) in [6, 6.07) is 0.367. The summed E-state index contributed by atoms with van der Waals surface area (Å²) in [6.07, 6.45) is 5.66.